The molecule has 20 heavy (non-hydrogen) atoms. The number of carbonyl (C=O) groups excluding carboxylic acids is 1. The quantitative estimate of drug-likeness (QED) is 0.728. The molecule has 0 radical (unpaired) electrons. The van der Waals surface area contributed by atoms with Gasteiger partial charge in [-0.05, 0) is 25.0 Å². The SMILES string of the molecule is O=C(NCCc1ccccn1)NCC1(C(=O)O)CCC1. The number of hydrogen-bond acceptors (Lipinski definition) is 3. The summed E-state index contributed by atoms with van der Waals surface area (Å²) in [6, 6.07) is 5.31. The van der Waals surface area contributed by atoms with Gasteiger partial charge in [-0.1, -0.05) is 12.5 Å². The van der Waals surface area contributed by atoms with Gasteiger partial charge >= 0.3 is 12.0 Å². The summed E-state index contributed by atoms with van der Waals surface area (Å²) in [6.45, 7) is 0.667. The zero-order valence-corrected chi connectivity index (χ0v) is 11.3. The molecule has 0 saturated heterocycles. The van der Waals surface area contributed by atoms with Crippen molar-refractivity contribution in [2.24, 2.45) is 5.41 Å². The first-order valence-electron chi connectivity index (χ1n) is 6.77. The van der Waals surface area contributed by atoms with E-state index >= 15 is 0 Å². The molecule has 0 spiro atoms. The molecule has 108 valence electrons. The molecular weight excluding hydrogens is 258 g/mol. The van der Waals surface area contributed by atoms with E-state index in [9.17, 15) is 9.59 Å². The van der Waals surface area contributed by atoms with E-state index in [1.165, 1.54) is 0 Å². The van der Waals surface area contributed by atoms with Gasteiger partial charge in [0.25, 0.3) is 0 Å². The molecule has 1 aromatic heterocycles. The summed E-state index contributed by atoms with van der Waals surface area (Å²) in [5.41, 5.74) is 0.159. The van der Waals surface area contributed by atoms with E-state index in [2.05, 4.69) is 15.6 Å². The molecule has 1 aliphatic rings. The number of aliphatic carboxylic acids is 1. The van der Waals surface area contributed by atoms with Gasteiger partial charge in [0.2, 0.25) is 0 Å². The zero-order valence-electron chi connectivity index (χ0n) is 11.3. The standard InChI is InChI=1S/C14H19N3O3/c18-12(19)14(6-3-7-14)10-17-13(20)16-9-5-11-4-1-2-8-15-11/h1-2,4,8H,3,5-7,9-10H2,(H,18,19)(H2,16,17,20). The summed E-state index contributed by atoms with van der Waals surface area (Å²) < 4.78 is 0. The molecule has 1 saturated carbocycles. The number of carboxylic acid groups (broad SMARTS) is 1. The van der Waals surface area contributed by atoms with Gasteiger partial charge in [-0.15, -0.1) is 0 Å². The fourth-order valence-electron chi connectivity index (χ4n) is 2.23. The second-order valence-electron chi connectivity index (χ2n) is 5.12. The molecule has 2 rings (SSSR count). The van der Waals surface area contributed by atoms with E-state index < -0.39 is 11.4 Å². The average Bonchev–Trinajstić information content (AvgIpc) is 2.38. The van der Waals surface area contributed by atoms with Crippen LogP contribution in [0.5, 0.6) is 0 Å². The molecule has 3 N–H and O–H groups in total. The summed E-state index contributed by atoms with van der Waals surface area (Å²) in [6.07, 6.45) is 4.54. The molecule has 0 unspecified atom stereocenters. The Morgan fingerprint density at radius 3 is 2.65 bits per heavy atom. The molecule has 0 atom stereocenters. The smallest absolute Gasteiger partial charge is 0.314 e. The van der Waals surface area contributed by atoms with Crippen LogP contribution in [0.4, 0.5) is 4.79 Å². The van der Waals surface area contributed by atoms with Crippen LogP contribution in [0.1, 0.15) is 25.0 Å². The Morgan fingerprint density at radius 1 is 1.30 bits per heavy atom. The normalized spacial score (nSPS) is 16.0. The van der Waals surface area contributed by atoms with Crippen molar-refractivity contribution in [2.75, 3.05) is 13.1 Å². The van der Waals surface area contributed by atoms with Crippen LogP contribution < -0.4 is 10.6 Å². The van der Waals surface area contributed by atoms with E-state index in [1.807, 2.05) is 18.2 Å². The van der Waals surface area contributed by atoms with Crippen LogP contribution in [0, 0.1) is 5.41 Å². The van der Waals surface area contributed by atoms with Crippen molar-refractivity contribution in [2.45, 2.75) is 25.7 Å². The number of nitrogens with one attached hydrogen (secondary N) is 2. The minimum Gasteiger partial charge on any atom is -0.481 e. The van der Waals surface area contributed by atoms with Crippen LogP contribution in [-0.2, 0) is 11.2 Å². The number of urea groups is 1. The Bertz CT molecular complexity index is 472. The average molecular weight is 277 g/mol. The number of pyridine rings is 1. The Labute approximate surface area is 117 Å². The molecule has 1 aromatic rings. The molecule has 1 aliphatic carbocycles. The maximum absolute atomic E-state index is 11.6. The fourth-order valence-corrected chi connectivity index (χ4v) is 2.23. The topological polar surface area (TPSA) is 91.3 Å². The van der Waals surface area contributed by atoms with E-state index in [4.69, 9.17) is 5.11 Å². The second kappa shape index (κ2) is 6.36. The number of rotatable bonds is 6. The lowest BCUT2D eigenvalue weighted by Crippen LogP contribution is -2.49. The lowest BCUT2D eigenvalue weighted by Gasteiger charge is -2.37. The van der Waals surface area contributed by atoms with Crippen molar-refractivity contribution in [1.82, 2.24) is 15.6 Å². The minimum absolute atomic E-state index is 0.192. The molecule has 0 aliphatic heterocycles. The summed E-state index contributed by atoms with van der Waals surface area (Å²) in [7, 11) is 0. The summed E-state index contributed by atoms with van der Waals surface area (Å²) in [5, 5.41) is 14.5. The van der Waals surface area contributed by atoms with Gasteiger partial charge in [0.1, 0.15) is 0 Å². The molecule has 0 aromatic carbocycles. The number of nitrogens with zero attached hydrogens (tertiary/aromatic N) is 1. The highest BCUT2D eigenvalue weighted by molar-refractivity contribution is 5.78. The van der Waals surface area contributed by atoms with Crippen molar-refractivity contribution in [1.29, 1.82) is 0 Å². The number of hydrogen-bond donors (Lipinski definition) is 3. The molecule has 1 fully saturated rings. The van der Waals surface area contributed by atoms with Crippen LogP contribution in [0.15, 0.2) is 24.4 Å². The van der Waals surface area contributed by atoms with Crippen LogP contribution in [0.25, 0.3) is 0 Å². The van der Waals surface area contributed by atoms with Gasteiger partial charge in [0.15, 0.2) is 0 Å². The highest BCUT2D eigenvalue weighted by atomic mass is 16.4. The number of aromatic nitrogens is 1. The molecule has 6 heteroatoms. The van der Waals surface area contributed by atoms with Gasteiger partial charge in [0, 0.05) is 31.4 Å². The largest absolute Gasteiger partial charge is 0.481 e. The highest BCUT2D eigenvalue weighted by Crippen LogP contribution is 2.40. The zero-order chi connectivity index (χ0) is 14.4. The lowest BCUT2D eigenvalue weighted by atomic mass is 9.69. The Kier molecular flexibility index (Phi) is 4.55. The van der Waals surface area contributed by atoms with Crippen LogP contribution in [-0.4, -0.2) is 35.2 Å². The number of carboxylic acids is 1. The van der Waals surface area contributed by atoms with Gasteiger partial charge < -0.3 is 15.7 Å². The molecule has 6 nitrogen and oxygen atoms in total. The number of amides is 2. The van der Waals surface area contributed by atoms with E-state index in [0.29, 0.717) is 25.8 Å². The van der Waals surface area contributed by atoms with Crippen molar-refractivity contribution in [3.63, 3.8) is 0 Å². The maximum atomic E-state index is 11.6. The monoisotopic (exact) mass is 277 g/mol. The van der Waals surface area contributed by atoms with E-state index in [-0.39, 0.29) is 12.6 Å². The van der Waals surface area contributed by atoms with Gasteiger partial charge in [-0.25, -0.2) is 4.79 Å². The van der Waals surface area contributed by atoms with Crippen molar-refractivity contribution >= 4 is 12.0 Å². The van der Waals surface area contributed by atoms with Crippen LogP contribution >= 0.6 is 0 Å². The Balaban J connectivity index is 1.67. The molecule has 1 heterocycles. The predicted octanol–water partition coefficient (Wildman–Crippen LogP) is 1.18. The van der Waals surface area contributed by atoms with Gasteiger partial charge in [0.05, 0.1) is 5.41 Å². The van der Waals surface area contributed by atoms with Gasteiger partial charge in [-0.3, -0.25) is 9.78 Å². The van der Waals surface area contributed by atoms with Crippen LogP contribution in [0.3, 0.4) is 0 Å². The van der Waals surface area contributed by atoms with E-state index in [0.717, 1.165) is 12.1 Å². The molecule has 0 bridgehead atoms. The Hall–Kier alpha value is -2.11. The molecule has 2 amide bonds. The summed E-state index contributed by atoms with van der Waals surface area (Å²) >= 11 is 0. The molecular formula is C14H19N3O3. The first kappa shape index (κ1) is 14.3. The van der Waals surface area contributed by atoms with Crippen molar-refractivity contribution in [3.8, 4) is 0 Å². The third-order valence-electron chi connectivity index (χ3n) is 3.74. The predicted molar refractivity (Wildman–Crippen MR) is 73.3 cm³/mol. The summed E-state index contributed by atoms with van der Waals surface area (Å²) in [4.78, 5) is 26.9. The second-order valence-corrected chi connectivity index (χ2v) is 5.12. The highest BCUT2D eigenvalue weighted by Gasteiger charge is 2.44. The lowest BCUT2D eigenvalue weighted by molar-refractivity contribution is -0.153. The first-order chi connectivity index (χ1) is 9.62. The first-order valence-corrected chi connectivity index (χ1v) is 6.77. The fraction of sp³-hybridized carbons (Fsp3) is 0.500. The minimum atomic E-state index is -0.822. The third kappa shape index (κ3) is 3.46. The Morgan fingerprint density at radius 2 is 2.10 bits per heavy atom. The summed E-state index contributed by atoms with van der Waals surface area (Å²) in [5.74, 6) is -0.822. The number of carbonyl (C=O) groups is 2. The van der Waals surface area contributed by atoms with Crippen molar-refractivity contribution < 1.29 is 14.7 Å². The third-order valence-corrected chi connectivity index (χ3v) is 3.74. The van der Waals surface area contributed by atoms with Crippen LogP contribution in [0.2, 0.25) is 0 Å². The van der Waals surface area contributed by atoms with E-state index in [1.54, 1.807) is 6.20 Å². The van der Waals surface area contributed by atoms with Crippen molar-refractivity contribution in [3.05, 3.63) is 30.1 Å². The maximum Gasteiger partial charge on any atom is 0.314 e. The van der Waals surface area contributed by atoms with Gasteiger partial charge in [-0.2, -0.15) is 0 Å².